The molecule has 1 fully saturated rings. The lowest BCUT2D eigenvalue weighted by atomic mass is 10.0. The molecule has 0 aliphatic carbocycles. The van der Waals surface area contributed by atoms with Gasteiger partial charge >= 0.3 is 6.09 Å². The third kappa shape index (κ3) is 2.65. The van der Waals surface area contributed by atoms with Gasteiger partial charge in [-0.05, 0) is 0 Å². The number of cyclic esters (lactones) is 1. The lowest BCUT2D eigenvalue weighted by Crippen LogP contribution is -2.35. The average molecular weight is 262 g/mol. The van der Waals surface area contributed by atoms with Crippen molar-refractivity contribution in [3.63, 3.8) is 0 Å². The molecular formula is C10H12ClNO5. The van der Waals surface area contributed by atoms with Crippen molar-refractivity contribution in [2.24, 2.45) is 0 Å². The third-order valence-electron chi connectivity index (χ3n) is 2.40. The number of benzene rings is 1. The average Bonchev–Trinajstić information content (AvgIpc) is 2.15. The maximum atomic E-state index is 11.0. The van der Waals surface area contributed by atoms with E-state index in [1.54, 1.807) is 0 Å². The predicted octanol–water partition coefficient (Wildman–Crippen LogP) is 1.40. The van der Waals surface area contributed by atoms with E-state index in [2.05, 4.69) is 10.1 Å². The zero-order valence-electron chi connectivity index (χ0n) is 8.71. The van der Waals surface area contributed by atoms with E-state index < -0.39 is 12.1 Å². The van der Waals surface area contributed by atoms with Gasteiger partial charge in [0.25, 0.3) is 0 Å². The largest absolute Gasteiger partial charge is 0.508 e. The summed E-state index contributed by atoms with van der Waals surface area (Å²) in [5.74, 6) is -0.758. The van der Waals surface area contributed by atoms with Crippen LogP contribution in [0.5, 0.6) is 17.2 Å². The van der Waals surface area contributed by atoms with Gasteiger partial charge in [0, 0.05) is 18.6 Å². The first-order chi connectivity index (χ1) is 7.58. The van der Waals surface area contributed by atoms with E-state index in [9.17, 15) is 15.0 Å². The first kappa shape index (κ1) is 13.2. The molecule has 0 radical (unpaired) electrons. The summed E-state index contributed by atoms with van der Waals surface area (Å²) in [6.45, 7) is 0.219. The van der Waals surface area contributed by atoms with Gasteiger partial charge in [-0.3, -0.25) is 0 Å². The Bertz CT molecular complexity index is 414. The van der Waals surface area contributed by atoms with Crippen molar-refractivity contribution in [1.82, 2.24) is 5.32 Å². The van der Waals surface area contributed by atoms with Crippen molar-refractivity contribution in [2.75, 3.05) is 6.61 Å². The van der Waals surface area contributed by atoms with Crippen LogP contribution >= 0.6 is 12.4 Å². The van der Waals surface area contributed by atoms with Crippen LogP contribution < -0.4 is 5.32 Å². The highest BCUT2D eigenvalue weighted by Crippen LogP contribution is 2.38. The predicted molar refractivity (Wildman–Crippen MR) is 60.5 cm³/mol. The Morgan fingerprint density at radius 3 is 2.35 bits per heavy atom. The van der Waals surface area contributed by atoms with Gasteiger partial charge < -0.3 is 25.4 Å². The zero-order valence-corrected chi connectivity index (χ0v) is 9.53. The van der Waals surface area contributed by atoms with Gasteiger partial charge in [-0.2, -0.15) is 0 Å². The smallest absolute Gasteiger partial charge is 0.407 e. The lowest BCUT2D eigenvalue weighted by molar-refractivity contribution is 0.114. The van der Waals surface area contributed by atoms with Gasteiger partial charge in [-0.25, -0.2) is 4.79 Å². The minimum atomic E-state index is -0.594. The summed E-state index contributed by atoms with van der Waals surface area (Å²) >= 11 is 0. The number of phenols is 3. The Morgan fingerprint density at radius 2 is 1.82 bits per heavy atom. The second-order valence-corrected chi connectivity index (χ2v) is 3.52. The molecule has 2 rings (SSSR count). The minimum Gasteiger partial charge on any atom is -0.508 e. The number of carbonyl (C=O) groups excluding carboxylic acids is 1. The molecule has 0 bridgehead atoms. The first-order valence-electron chi connectivity index (χ1n) is 4.76. The van der Waals surface area contributed by atoms with Crippen LogP contribution in [0, 0.1) is 0 Å². The molecule has 1 saturated heterocycles. The number of nitrogens with one attached hydrogen (secondary N) is 1. The van der Waals surface area contributed by atoms with Crippen LogP contribution in [0.2, 0.25) is 0 Å². The molecule has 6 nitrogen and oxygen atoms in total. The number of phenolic OH excluding ortho intramolecular Hbond substituents is 3. The Balaban J connectivity index is 0.00000144. The number of halogens is 1. The number of hydrogen-bond acceptors (Lipinski definition) is 5. The highest BCUT2D eigenvalue weighted by atomic mass is 35.5. The molecule has 0 unspecified atom stereocenters. The summed E-state index contributed by atoms with van der Waals surface area (Å²) in [5.41, 5.74) is 0.189. The topological polar surface area (TPSA) is 99.0 Å². The van der Waals surface area contributed by atoms with E-state index in [0.717, 1.165) is 12.1 Å². The standard InChI is InChI=1S/C10H11NO5.ClH/c12-5-3-7(13)9(8(14)4-5)6-1-2-16-10(15)11-6;/h3-4,6,12-14H,1-2H2,(H,11,15);1H/t6-;/m0./s1. The molecule has 4 N–H and O–H groups in total. The number of ether oxygens (including phenoxy) is 1. The molecule has 1 aromatic rings. The van der Waals surface area contributed by atoms with Gasteiger partial charge in [0.05, 0.1) is 18.2 Å². The van der Waals surface area contributed by atoms with Crippen LogP contribution in [0.1, 0.15) is 18.0 Å². The molecule has 17 heavy (non-hydrogen) atoms. The van der Waals surface area contributed by atoms with Crippen molar-refractivity contribution in [1.29, 1.82) is 0 Å². The highest BCUT2D eigenvalue weighted by molar-refractivity contribution is 5.85. The van der Waals surface area contributed by atoms with Crippen molar-refractivity contribution in [3.8, 4) is 17.2 Å². The molecule has 1 heterocycles. The molecule has 7 heteroatoms. The van der Waals surface area contributed by atoms with Crippen molar-refractivity contribution in [3.05, 3.63) is 17.7 Å². The van der Waals surface area contributed by atoms with E-state index in [4.69, 9.17) is 5.11 Å². The Kier molecular flexibility index (Phi) is 3.90. The van der Waals surface area contributed by atoms with Crippen LogP contribution in [0.3, 0.4) is 0 Å². The summed E-state index contributed by atoms with van der Waals surface area (Å²) < 4.78 is 4.67. The molecule has 0 spiro atoms. The van der Waals surface area contributed by atoms with Crippen LogP contribution in [0.15, 0.2) is 12.1 Å². The Labute approximate surface area is 103 Å². The number of aromatic hydroxyl groups is 3. The molecule has 0 saturated carbocycles. The monoisotopic (exact) mass is 261 g/mol. The van der Waals surface area contributed by atoms with E-state index in [0.29, 0.717) is 6.42 Å². The zero-order chi connectivity index (χ0) is 11.7. The van der Waals surface area contributed by atoms with E-state index >= 15 is 0 Å². The quantitative estimate of drug-likeness (QED) is 0.612. The molecule has 1 aromatic carbocycles. The summed E-state index contributed by atoms with van der Waals surface area (Å²) in [5, 5.41) is 30.8. The molecule has 1 amide bonds. The fraction of sp³-hybridized carbons (Fsp3) is 0.300. The second-order valence-electron chi connectivity index (χ2n) is 3.52. The van der Waals surface area contributed by atoms with Crippen LogP contribution in [0.25, 0.3) is 0 Å². The van der Waals surface area contributed by atoms with E-state index in [-0.39, 0.29) is 41.8 Å². The van der Waals surface area contributed by atoms with Gasteiger partial charge in [0.1, 0.15) is 17.2 Å². The number of carbonyl (C=O) groups is 1. The molecule has 0 aromatic heterocycles. The minimum absolute atomic E-state index is 0. The molecule has 1 aliphatic rings. The van der Waals surface area contributed by atoms with Crippen LogP contribution in [-0.4, -0.2) is 28.0 Å². The van der Waals surface area contributed by atoms with E-state index in [1.165, 1.54) is 0 Å². The van der Waals surface area contributed by atoms with Crippen LogP contribution in [-0.2, 0) is 4.74 Å². The van der Waals surface area contributed by atoms with Crippen molar-refractivity contribution in [2.45, 2.75) is 12.5 Å². The number of amides is 1. The molecule has 94 valence electrons. The summed E-state index contributed by atoms with van der Waals surface area (Å²) in [7, 11) is 0. The second kappa shape index (κ2) is 5.01. The third-order valence-corrected chi connectivity index (χ3v) is 2.40. The Hall–Kier alpha value is -1.82. The number of alkyl carbamates (subject to hydrolysis) is 1. The van der Waals surface area contributed by atoms with E-state index in [1.807, 2.05) is 0 Å². The maximum Gasteiger partial charge on any atom is 0.407 e. The molecular weight excluding hydrogens is 250 g/mol. The summed E-state index contributed by atoms with van der Waals surface area (Å²) in [6.07, 6.45) is -0.152. The van der Waals surface area contributed by atoms with Gasteiger partial charge in [0.2, 0.25) is 0 Å². The lowest BCUT2D eigenvalue weighted by Gasteiger charge is -2.24. The van der Waals surface area contributed by atoms with Gasteiger partial charge in [0.15, 0.2) is 0 Å². The number of rotatable bonds is 1. The fourth-order valence-electron chi connectivity index (χ4n) is 1.71. The van der Waals surface area contributed by atoms with Crippen LogP contribution in [0.4, 0.5) is 4.79 Å². The Morgan fingerprint density at radius 1 is 1.24 bits per heavy atom. The molecule has 1 aliphatic heterocycles. The van der Waals surface area contributed by atoms with Crippen molar-refractivity contribution < 1.29 is 24.9 Å². The number of hydrogen-bond donors (Lipinski definition) is 4. The SMILES string of the molecule is Cl.O=C1N[C@H](c2c(O)cc(O)cc2O)CCO1. The van der Waals surface area contributed by atoms with Gasteiger partial charge in [-0.15, -0.1) is 12.4 Å². The van der Waals surface area contributed by atoms with Crippen molar-refractivity contribution >= 4 is 18.5 Å². The fourth-order valence-corrected chi connectivity index (χ4v) is 1.71. The summed E-state index contributed by atoms with van der Waals surface area (Å²) in [4.78, 5) is 11.0. The first-order valence-corrected chi connectivity index (χ1v) is 4.76. The maximum absolute atomic E-state index is 11.0. The normalized spacial score (nSPS) is 18.8. The summed E-state index contributed by atoms with van der Waals surface area (Å²) in [6, 6.07) is 1.70. The highest BCUT2D eigenvalue weighted by Gasteiger charge is 2.26. The van der Waals surface area contributed by atoms with Gasteiger partial charge in [-0.1, -0.05) is 0 Å². The molecule has 1 atom stereocenters.